The minimum Gasteiger partial charge on any atom is -0.481 e. The zero-order valence-corrected chi connectivity index (χ0v) is 12.1. The Bertz CT molecular complexity index is 397. The molecule has 0 atom stereocenters. The van der Waals surface area contributed by atoms with E-state index in [1.54, 1.807) is 0 Å². The Kier molecular flexibility index (Phi) is 5.90. The highest BCUT2D eigenvalue weighted by molar-refractivity contribution is 5.66. The SMILES string of the molecule is O=C(O)CCCN(c1ccccc1)C1CCCCCC1. The first-order valence-corrected chi connectivity index (χ1v) is 7.81. The van der Waals surface area contributed by atoms with Gasteiger partial charge < -0.3 is 10.0 Å². The summed E-state index contributed by atoms with van der Waals surface area (Å²) in [5.41, 5.74) is 1.24. The van der Waals surface area contributed by atoms with Gasteiger partial charge in [-0.3, -0.25) is 4.79 Å². The third-order valence-electron chi connectivity index (χ3n) is 4.14. The number of carbonyl (C=O) groups is 1. The van der Waals surface area contributed by atoms with E-state index in [1.807, 2.05) is 6.07 Å². The molecular weight excluding hydrogens is 250 g/mol. The maximum atomic E-state index is 10.7. The lowest BCUT2D eigenvalue weighted by atomic mass is 10.1. The molecule has 0 amide bonds. The maximum absolute atomic E-state index is 10.7. The number of para-hydroxylation sites is 1. The Morgan fingerprint density at radius 3 is 2.35 bits per heavy atom. The number of hydrogen-bond acceptors (Lipinski definition) is 2. The number of carboxylic acids is 1. The van der Waals surface area contributed by atoms with E-state index in [0.717, 1.165) is 13.0 Å². The molecule has 2 rings (SSSR count). The number of benzene rings is 1. The minimum absolute atomic E-state index is 0.260. The van der Waals surface area contributed by atoms with Gasteiger partial charge in [-0.05, 0) is 31.4 Å². The zero-order chi connectivity index (χ0) is 14.2. The Balaban J connectivity index is 2.04. The lowest BCUT2D eigenvalue weighted by Crippen LogP contribution is -2.36. The summed E-state index contributed by atoms with van der Waals surface area (Å²) in [7, 11) is 0. The third-order valence-corrected chi connectivity index (χ3v) is 4.14. The monoisotopic (exact) mass is 275 g/mol. The van der Waals surface area contributed by atoms with Gasteiger partial charge >= 0.3 is 5.97 Å². The van der Waals surface area contributed by atoms with Crippen LogP contribution in [0.15, 0.2) is 30.3 Å². The highest BCUT2D eigenvalue weighted by atomic mass is 16.4. The summed E-state index contributed by atoms with van der Waals surface area (Å²) < 4.78 is 0. The van der Waals surface area contributed by atoms with Gasteiger partial charge in [-0.25, -0.2) is 0 Å². The molecule has 1 aromatic carbocycles. The highest BCUT2D eigenvalue weighted by Gasteiger charge is 2.20. The van der Waals surface area contributed by atoms with Crippen molar-refractivity contribution in [1.29, 1.82) is 0 Å². The molecule has 3 heteroatoms. The molecule has 1 aliphatic carbocycles. The first kappa shape index (κ1) is 14.9. The summed E-state index contributed by atoms with van der Waals surface area (Å²) >= 11 is 0. The molecule has 0 heterocycles. The second-order valence-electron chi connectivity index (χ2n) is 5.67. The summed E-state index contributed by atoms with van der Waals surface area (Å²) in [4.78, 5) is 13.2. The van der Waals surface area contributed by atoms with Crippen LogP contribution in [0.1, 0.15) is 51.4 Å². The highest BCUT2D eigenvalue weighted by Crippen LogP contribution is 2.26. The van der Waals surface area contributed by atoms with Crippen LogP contribution in [-0.2, 0) is 4.79 Å². The van der Waals surface area contributed by atoms with Crippen molar-refractivity contribution in [3.05, 3.63) is 30.3 Å². The van der Waals surface area contributed by atoms with Crippen LogP contribution in [0.25, 0.3) is 0 Å². The van der Waals surface area contributed by atoms with Crippen molar-refractivity contribution in [3.8, 4) is 0 Å². The Labute approximate surface area is 121 Å². The van der Waals surface area contributed by atoms with Crippen molar-refractivity contribution in [2.45, 2.75) is 57.4 Å². The van der Waals surface area contributed by atoms with Crippen LogP contribution in [0.4, 0.5) is 5.69 Å². The molecule has 1 N–H and O–H groups in total. The molecule has 1 aliphatic rings. The van der Waals surface area contributed by atoms with Crippen molar-refractivity contribution in [2.75, 3.05) is 11.4 Å². The molecule has 1 aromatic rings. The van der Waals surface area contributed by atoms with E-state index in [2.05, 4.69) is 29.2 Å². The number of rotatable bonds is 6. The average molecular weight is 275 g/mol. The van der Waals surface area contributed by atoms with Crippen LogP contribution in [0, 0.1) is 0 Å². The lowest BCUT2D eigenvalue weighted by molar-refractivity contribution is -0.137. The molecule has 0 unspecified atom stereocenters. The maximum Gasteiger partial charge on any atom is 0.303 e. The fourth-order valence-electron chi connectivity index (χ4n) is 3.11. The van der Waals surface area contributed by atoms with Gasteiger partial charge in [0.25, 0.3) is 0 Å². The Hall–Kier alpha value is -1.51. The van der Waals surface area contributed by atoms with Gasteiger partial charge in [0.2, 0.25) is 0 Å². The summed E-state index contributed by atoms with van der Waals surface area (Å²) in [6.07, 6.45) is 8.74. The summed E-state index contributed by atoms with van der Waals surface area (Å²) in [5, 5.41) is 8.83. The van der Waals surface area contributed by atoms with E-state index >= 15 is 0 Å². The lowest BCUT2D eigenvalue weighted by Gasteiger charge is -2.33. The number of aliphatic carboxylic acids is 1. The fraction of sp³-hybridized carbons (Fsp3) is 0.588. The molecule has 20 heavy (non-hydrogen) atoms. The Morgan fingerprint density at radius 1 is 1.10 bits per heavy atom. The van der Waals surface area contributed by atoms with E-state index < -0.39 is 5.97 Å². The van der Waals surface area contributed by atoms with Gasteiger partial charge in [0.1, 0.15) is 0 Å². The van der Waals surface area contributed by atoms with E-state index in [4.69, 9.17) is 5.11 Å². The van der Waals surface area contributed by atoms with Gasteiger partial charge in [-0.1, -0.05) is 43.9 Å². The molecule has 0 saturated heterocycles. The number of hydrogen-bond donors (Lipinski definition) is 1. The second-order valence-corrected chi connectivity index (χ2v) is 5.67. The molecule has 0 bridgehead atoms. The molecular formula is C17H25NO2. The van der Waals surface area contributed by atoms with Crippen LogP contribution in [0.5, 0.6) is 0 Å². The largest absolute Gasteiger partial charge is 0.481 e. The molecule has 0 aliphatic heterocycles. The molecule has 0 spiro atoms. The van der Waals surface area contributed by atoms with Crippen LogP contribution in [0.3, 0.4) is 0 Å². The van der Waals surface area contributed by atoms with E-state index in [1.165, 1.54) is 44.2 Å². The minimum atomic E-state index is -0.695. The van der Waals surface area contributed by atoms with E-state index in [0.29, 0.717) is 6.04 Å². The first-order chi connectivity index (χ1) is 9.77. The van der Waals surface area contributed by atoms with Gasteiger partial charge in [0.05, 0.1) is 0 Å². The second kappa shape index (κ2) is 7.93. The van der Waals surface area contributed by atoms with Crippen molar-refractivity contribution in [3.63, 3.8) is 0 Å². The van der Waals surface area contributed by atoms with Gasteiger partial charge in [0.15, 0.2) is 0 Å². The third kappa shape index (κ3) is 4.55. The first-order valence-electron chi connectivity index (χ1n) is 7.81. The van der Waals surface area contributed by atoms with Crippen molar-refractivity contribution < 1.29 is 9.90 Å². The molecule has 0 aromatic heterocycles. The zero-order valence-electron chi connectivity index (χ0n) is 12.1. The smallest absolute Gasteiger partial charge is 0.303 e. The summed E-state index contributed by atoms with van der Waals surface area (Å²) in [6.45, 7) is 0.848. The van der Waals surface area contributed by atoms with E-state index in [-0.39, 0.29) is 6.42 Å². The van der Waals surface area contributed by atoms with Gasteiger partial charge in [-0.15, -0.1) is 0 Å². The molecule has 1 saturated carbocycles. The van der Waals surface area contributed by atoms with Crippen LogP contribution in [0.2, 0.25) is 0 Å². The van der Waals surface area contributed by atoms with Crippen molar-refractivity contribution >= 4 is 11.7 Å². The van der Waals surface area contributed by atoms with Crippen molar-refractivity contribution in [1.82, 2.24) is 0 Å². The van der Waals surface area contributed by atoms with Crippen LogP contribution in [-0.4, -0.2) is 23.7 Å². The predicted octanol–water partition coefficient (Wildman–Crippen LogP) is 4.08. The predicted molar refractivity (Wildman–Crippen MR) is 82.1 cm³/mol. The van der Waals surface area contributed by atoms with Gasteiger partial charge in [0, 0.05) is 24.7 Å². The van der Waals surface area contributed by atoms with Crippen LogP contribution >= 0.6 is 0 Å². The fourth-order valence-corrected chi connectivity index (χ4v) is 3.11. The van der Waals surface area contributed by atoms with Gasteiger partial charge in [-0.2, -0.15) is 0 Å². The summed E-state index contributed by atoms with van der Waals surface area (Å²) in [5.74, 6) is -0.695. The molecule has 1 fully saturated rings. The number of nitrogens with zero attached hydrogens (tertiary/aromatic N) is 1. The van der Waals surface area contributed by atoms with E-state index in [9.17, 15) is 4.79 Å². The quantitative estimate of drug-likeness (QED) is 0.795. The number of carboxylic acid groups (broad SMARTS) is 1. The molecule has 110 valence electrons. The average Bonchev–Trinajstić information content (AvgIpc) is 2.73. The Morgan fingerprint density at radius 2 is 1.75 bits per heavy atom. The molecule has 3 nitrogen and oxygen atoms in total. The van der Waals surface area contributed by atoms with Crippen LogP contribution < -0.4 is 4.90 Å². The standard InChI is InChI=1S/C17H25NO2/c19-17(20)13-8-14-18(16-11-6-3-7-12-16)15-9-4-1-2-5-10-15/h3,6-7,11-12,15H,1-2,4-5,8-10,13-14H2,(H,19,20). The normalized spacial score (nSPS) is 16.6. The molecule has 0 radical (unpaired) electrons. The topological polar surface area (TPSA) is 40.5 Å². The summed E-state index contributed by atoms with van der Waals surface area (Å²) in [6, 6.07) is 11.0. The number of anilines is 1. The van der Waals surface area contributed by atoms with Crippen molar-refractivity contribution in [2.24, 2.45) is 0 Å².